The number of carbonyl (C=O) groups is 1. The van der Waals surface area contributed by atoms with E-state index in [1.807, 2.05) is 0 Å². The minimum absolute atomic E-state index is 0.0403. The molecule has 164 valence electrons. The summed E-state index contributed by atoms with van der Waals surface area (Å²) in [6, 6.07) is 8.89. The van der Waals surface area contributed by atoms with Gasteiger partial charge in [-0.2, -0.15) is 4.31 Å². The molecule has 0 aliphatic heterocycles. The Morgan fingerprint density at radius 3 is 1.97 bits per heavy atom. The van der Waals surface area contributed by atoms with Gasteiger partial charge in [-0.1, -0.05) is 0 Å². The average Bonchev–Trinajstić information content (AvgIpc) is 2.77. The fourth-order valence-corrected chi connectivity index (χ4v) is 4.13. The second-order valence-electron chi connectivity index (χ2n) is 6.02. The molecule has 0 saturated heterocycles. The van der Waals surface area contributed by atoms with E-state index < -0.39 is 22.5 Å². The number of benzene rings is 2. The first kappa shape index (κ1) is 23.3. The zero-order chi connectivity index (χ0) is 22.3. The topological polar surface area (TPSA) is 124 Å². The van der Waals surface area contributed by atoms with Crippen molar-refractivity contribution in [1.82, 2.24) is 9.79 Å². The molecule has 0 spiro atoms. The first-order valence-electron chi connectivity index (χ1n) is 8.66. The number of hydrogen-bond acceptors (Lipinski definition) is 8. The maximum atomic E-state index is 13.2. The fraction of sp³-hybridized carbons (Fsp3) is 0.316. The molecule has 2 aromatic rings. The third kappa shape index (κ3) is 5.12. The van der Waals surface area contributed by atoms with E-state index in [1.54, 1.807) is 12.1 Å². The number of nitrogens with zero attached hydrogens (tertiary/aromatic N) is 1. The van der Waals surface area contributed by atoms with Crippen molar-refractivity contribution in [2.45, 2.75) is 11.4 Å². The van der Waals surface area contributed by atoms with Crippen LogP contribution >= 0.6 is 0 Å². The molecule has 0 unspecified atom stereocenters. The van der Waals surface area contributed by atoms with Crippen molar-refractivity contribution in [2.24, 2.45) is 0 Å². The van der Waals surface area contributed by atoms with Gasteiger partial charge in [-0.25, -0.2) is 13.9 Å². The van der Waals surface area contributed by atoms with Crippen LogP contribution in [0.2, 0.25) is 0 Å². The third-order valence-electron chi connectivity index (χ3n) is 4.23. The minimum atomic E-state index is -4.09. The Hall–Kier alpha value is -3.02. The molecule has 0 bridgehead atoms. The second-order valence-corrected chi connectivity index (χ2v) is 7.96. The third-order valence-corrected chi connectivity index (χ3v) is 6.03. The zero-order valence-corrected chi connectivity index (χ0v) is 17.9. The van der Waals surface area contributed by atoms with Crippen LogP contribution in [-0.4, -0.2) is 58.8 Å². The van der Waals surface area contributed by atoms with Crippen molar-refractivity contribution >= 4 is 15.9 Å². The van der Waals surface area contributed by atoms with Gasteiger partial charge in [-0.05, 0) is 42.0 Å². The molecule has 2 rings (SSSR count). The summed E-state index contributed by atoms with van der Waals surface area (Å²) in [7, 11) is 1.70. The zero-order valence-electron chi connectivity index (χ0n) is 17.0. The van der Waals surface area contributed by atoms with Crippen molar-refractivity contribution < 1.29 is 37.4 Å². The summed E-state index contributed by atoms with van der Waals surface area (Å²) in [6.07, 6.45) is 0. The van der Waals surface area contributed by atoms with Crippen LogP contribution in [0.3, 0.4) is 0 Å². The van der Waals surface area contributed by atoms with Gasteiger partial charge in [-0.3, -0.25) is 10.0 Å². The molecular weight excluding hydrogens is 416 g/mol. The van der Waals surface area contributed by atoms with E-state index in [2.05, 4.69) is 0 Å². The largest absolute Gasteiger partial charge is 0.497 e. The van der Waals surface area contributed by atoms with Crippen LogP contribution in [0, 0.1) is 0 Å². The van der Waals surface area contributed by atoms with Gasteiger partial charge in [0.2, 0.25) is 15.8 Å². The molecular formula is C19H24N2O8S. The Labute approximate surface area is 174 Å². The van der Waals surface area contributed by atoms with E-state index in [1.165, 1.54) is 58.2 Å². The highest BCUT2D eigenvalue weighted by Gasteiger charge is 2.28. The maximum absolute atomic E-state index is 13.2. The Morgan fingerprint density at radius 2 is 1.53 bits per heavy atom. The Balaban J connectivity index is 2.48. The summed E-state index contributed by atoms with van der Waals surface area (Å²) in [5.41, 5.74) is 1.93. The molecule has 0 radical (unpaired) electrons. The quantitative estimate of drug-likeness (QED) is 0.420. The number of hydrogen-bond donors (Lipinski definition) is 2. The van der Waals surface area contributed by atoms with Gasteiger partial charge in [0, 0.05) is 6.54 Å². The molecule has 0 aliphatic carbocycles. The summed E-state index contributed by atoms with van der Waals surface area (Å²) in [5.74, 6) is 0.611. The van der Waals surface area contributed by atoms with Crippen molar-refractivity contribution in [1.29, 1.82) is 0 Å². The monoisotopic (exact) mass is 440 g/mol. The van der Waals surface area contributed by atoms with Gasteiger partial charge >= 0.3 is 0 Å². The molecule has 10 nitrogen and oxygen atoms in total. The Morgan fingerprint density at radius 1 is 0.967 bits per heavy atom. The highest BCUT2D eigenvalue weighted by atomic mass is 32.2. The first-order valence-corrected chi connectivity index (χ1v) is 10.1. The van der Waals surface area contributed by atoms with Gasteiger partial charge in [0.1, 0.15) is 5.75 Å². The average molecular weight is 440 g/mol. The number of ether oxygens (including phenoxy) is 4. The molecule has 2 aromatic carbocycles. The van der Waals surface area contributed by atoms with Crippen LogP contribution in [0.4, 0.5) is 0 Å². The summed E-state index contributed by atoms with van der Waals surface area (Å²) in [4.78, 5) is 11.7. The lowest BCUT2D eigenvalue weighted by Gasteiger charge is -2.22. The summed E-state index contributed by atoms with van der Waals surface area (Å²) in [6.45, 7) is -0.806. The molecule has 0 saturated carbocycles. The highest BCUT2D eigenvalue weighted by Crippen LogP contribution is 2.38. The summed E-state index contributed by atoms with van der Waals surface area (Å²) >= 11 is 0. The van der Waals surface area contributed by atoms with E-state index in [-0.39, 0.29) is 11.4 Å². The van der Waals surface area contributed by atoms with Crippen molar-refractivity contribution in [3.05, 3.63) is 42.0 Å². The van der Waals surface area contributed by atoms with E-state index in [9.17, 15) is 13.2 Å². The molecule has 0 atom stereocenters. The highest BCUT2D eigenvalue weighted by molar-refractivity contribution is 7.89. The molecule has 0 aliphatic rings. The number of nitrogens with one attached hydrogen (secondary N) is 1. The van der Waals surface area contributed by atoms with Gasteiger partial charge < -0.3 is 18.9 Å². The van der Waals surface area contributed by atoms with E-state index in [4.69, 9.17) is 24.2 Å². The molecule has 0 fully saturated rings. The lowest BCUT2D eigenvalue weighted by Crippen LogP contribution is -2.39. The first-order chi connectivity index (χ1) is 14.3. The summed E-state index contributed by atoms with van der Waals surface area (Å²) in [5, 5.41) is 8.89. The predicted molar refractivity (Wildman–Crippen MR) is 107 cm³/mol. The van der Waals surface area contributed by atoms with Crippen LogP contribution in [0.1, 0.15) is 5.56 Å². The number of amides is 1. The lowest BCUT2D eigenvalue weighted by molar-refractivity contribution is -0.129. The van der Waals surface area contributed by atoms with Crippen LogP contribution in [0.15, 0.2) is 41.3 Å². The molecule has 2 N–H and O–H groups in total. The lowest BCUT2D eigenvalue weighted by atomic mass is 10.1. The maximum Gasteiger partial charge on any atom is 0.258 e. The number of hydroxylamine groups is 1. The molecule has 0 aromatic heterocycles. The molecule has 0 heterocycles. The molecule has 1 amide bonds. The minimum Gasteiger partial charge on any atom is -0.497 e. The number of methoxy groups -OCH3 is 4. The molecule has 11 heteroatoms. The van der Waals surface area contributed by atoms with Crippen molar-refractivity contribution in [3.63, 3.8) is 0 Å². The number of rotatable bonds is 10. The normalized spacial score (nSPS) is 11.1. The smallest absolute Gasteiger partial charge is 0.258 e. The van der Waals surface area contributed by atoms with E-state index in [0.717, 1.165) is 4.31 Å². The standard InChI is InChI=1S/C19H24N2O8S/c1-26-14-5-7-15(8-6-14)30(24,25)21(12-18(22)20-23)11-13-9-16(27-2)19(29-4)17(10-13)28-3/h5-10,23H,11-12H2,1-4H3,(H,20,22). The van der Waals surface area contributed by atoms with Crippen LogP contribution in [-0.2, 0) is 21.4 Å². The Kier molecular flexibility index (Phi) is 7.86. The second kappa shape index (κ2) is 10.1. The van der Waals surface area contributed by atoms with E-state index >= 15 is 0 Å². The predicted octanol–water partition coefficient (Wildman–Crippen LogP) is 1.42. The van der Waals surface area contributed by atoms with Crippen molar-refractivity contribution in [2.75, 3.05) is 35.0 Å². The van der Waals surface area contributed by atoms with Crippen LogP contribution in [0.5, 0.6) is 23.0 Å². The van der Waals surface area contributed by atoms with E-state index in [0.29, 0.717) is 28.6 Å². The van der Waals surface area contributed by atoms with Gasteiger partial charge in [0.05, 0.1) is 39.9 Å². The van der Waals surface area contributed by atoms with Crippen molar-refractivity contribution in [3.8, 4) is 23.0 Å². The number of carbonyl (C=O) groups excluding carboxylic acids is 1. The van der Waals surface area contributed by atoms with Gasteiger partial charge in [0.15, 0.2) is 11.5 Å². The van der Waals surface area contributed by atoms with Gasteiger partial charge in [0.25, 0.3) is 5.91 Å². The van der Waals surface area contributed by atoms with Crippen LogP contribution < -0.4 is 24.4 Å². The summed E-state index contributed by atoms with van der Waals surface area (Å²) < 4.78 is 48.1. The fourth-order valence-electron chi connectivity index (χ4n) is 2.75. The molecule has 30 heavy (non-hydrogen) atoms. The SMILES string of the molecule is COc1ccc(S(=O)(=O)N(CC(=O)NO)Cc2cc(OC)c(OC)c(OC)c2)cc1. The Bertz CT molecular complexity index is 952. The van der Waals surface area contributed by atoms with Gasteiger partial charge in [-0.15, -0.1) is 0 Å². The van der Waals surface area contributed by atoms with Crippen LogP contribution in [0.25, 0.3) is 0 Å². The number of sulfonamides is 1.